The van der Waals surface area contributed by atoms with Crippen molar-refractivity contribution in [2.24, 2.45) is 16.1 Å². The molecular formula is C23H31N5O4S. The van der Waals surface area contributed by atoms with Crippen LogP contribution in [-0.2, 0) is 16.6 Å². The second-order valence-corrected chi connectivity index (χ2v) is 9.58. The summed E-state index contributed by atoms with van der Waals surface area (Å²) in [7, 11) is -3.59. The van der Waals surface area contributed by atoms with Crippen LogP contribution in [0.4, 0.5) is 11.4 Å². The van der Waals surface area contributed by atoms with Crippen LogP contribution in [0, 0.1) is 24.2 Å². The molecule has 0 saturated heterocycles. The molecule has 0 aliphatic carbocycles. The van der Waals surface area contributed by atoms with Crippen LogP contribution in [0.25, 0.3) is 0 Å². The van der Waals surface area contributed by atoms with Gasteiger partial charge >= 0.3 is 0 Å². The van der Waals surface area contributed by atoms with Crippen molar-refractivity contribution in [2.45, 2.75) is 64.8 Å². The normalized spacial score (nSPS) is 12.7. The number of rotatable bonds is 11. The predicted octanol–water partition coefficient (Wildman–Crippen LogP) is 4.66. The number of hydrogen-bond acceptors (Lipinski definition) is 7. The number of nitrogens with one attached hydrogen (secondary N) is 1. The maximum Gasteiger partial charge on any atom is 0.281 e. The fourth-order valence-corrected chi connectivity index (χ4v) is 4.52. The summed E-state index contributed by atoms with van der Waals surface area (Å²) in [6.07, 6.45) is 3.79. The monoisotopic (exact) mass is 473 g/mol. The van der Waals surface area contributed by atoms with Crippen molar-refractivity contribution < 1.29 is 13.5 Å². The Labute approximate surface area is 194 Å². The lowest BCUT2D eigenvalue weighted by atomic mass is 9.99. The smallest absolute Gasteiger partial charge is 0.281 e. The van der Waals surface area contributed by atoms with Gasteiger partial charge in [0.05, 0.1) is 10.6 Å². The van der Waals surface area contributed by atoms with Gasteiger partial charge in [0.25, 0.3) is 5.56 Å². The molecule has 0 aliphatic heterocycles. The minimum atomic E-state index is -3.59. The molecule has 1 unspecified atom stereocenters. The Morgan fingerprint density at radius 3 is 2.39 bits per heavy atom. The molecule has 0 fully saturated rings. The van der Waals surface area contributed by atoms with E-state index in [9.17, 15) is 23.6 Å². The number of benzene rings is 1. The number of nitrogens with zero attached hydrogens (tertiary/aromatic N) is 4. The number of aromatic nitrogens is 1. The standard InChI is InChI=1S/C23H31N5O4S/c1-5-8-9-17(6-2)15-28-22(29)20(14-24)16(4)21(23(28)30)27-26-18-10-12-19(13-11-18)33(31,32)25-7-3/h10-13,17,25,29H,5-9,15H2,1-4H3. The van der Waals surface area contributed by atoms with Gasteiger partial charge in [-0.05, 0) is 43.5 Å². The summed E-state index contributed by atoms with van der Waals surface area (Å²) in [5, 5.41) is 28.3. The molecule has 10 heteroatoms. The lowest BCUT2D eigenvalue weighted by Crippen LogP contribution is -2.25. The van der Waals surface area contributed by atoms with Gasteiger partial charge < -0.3 is 5.11 Å². The first-order valence-corrected chi connectivity index (χ1v) is 12.6. The first-order chi connectivity index (χ1) is 15.7. The van der Waals surface area contributed by atoms with Gasteiger partial charge in [-0.25, -0.2) is 13.1 Å². The summed E-state index contributed by atoms with van der Waals surface area (Å²) in [6, 6.07) is 7.70. The van der Waals surface area contributed by atoms with Crippen molar-refractivity contribution in [3.8, 4) is 11.9 Å². The third kappa shape index (κ3) is 6.27. The molecule has 0 spiro atoms. The van der Waals surface area contributed by atoms with E-state index in [1.807, 2.05) is 13.0 Å². The van der Waals surface area contributed by atoms with E-state index in [4.69, 9.17) is 0 Å². The van der Waals surface area contributed by atoms with E-state index >= 15 is 0 Å². The molecule has 2 rings (SSSR count). The molecule has 0 amide bonds. The van der Waals surface area contributed by atoms with E-state index in [1.165, 1.54) is 28.8 Å². The van der Waals surface area contributed by atoms with E-state index < -0.39 is 15.6 Å². The number of pyridine rings is 1. The second kappa shape index (κ2) is 11.7. The number of aromatic hydroxyl groups is 1. The van der Waals surface area contributed by atoms with Crippen LogP contribution in [-0.4, -0.2) is 24.6 Å². The van der Waals surface area contributed by atoms with Crippen molar-refractivity contribution in [3.05, 3.63) is 45.7 Å². The molecule has 1 aromatic carbocycles. The molecule has 9 nitrogen and oxygen atoms in total. The minimum Gasteiger partial charge on any atom is -0.493 e. The van der Waals surface area contributed by atoms with Gasteiger partial charge in [0.2, 0.25) is 15.9 Å². The van der Waals surface area contributed by atoms with Crippen LogP contribution in [0.5, 0.6) is 5.88 Å². The molecule has 0 radical (unpaired) electrons. The van der Waals surface area contributed by atoms with Crippen molar-refractivity contribution in [1.29, 1.82) is 5.26 Å². The van der Waals surface area contributed by atoms with Gasteiger partial charge in [0.1, 0.15) is 11.6 Å². The first kappa shape index (κ1) is 26.2. The highest BCUT2D eigenvalue weighted by molar-refractivity contribution is 7.89. The van der Waals surface area contributed by atoms with Crippen molar-refractivity contribution in [3.63, 3.8) is 0 Å². The van der Waals surface area contributed by atoms with Crippen molar-refractivity contribution in [1.82, 2.24) is 9.29 Å². The molecule has 0 saturated carbocycles. The third-order valence-corrected chi connectivity index (χ3v) is 7.06. The summed E-state index contributed by atoms with van der Waals surface area (Å²) in [6.45, 7) is 7.91. The van der Waals surface area contributed by atoms with Crippen LogP contribution in [0.3, 0.4) is 0 Å². The highest BCUT2D eigenvalue weighted by Crippen LogP contribution is 2.28. The van der Waals surface area contributed by atoms with E-state index in [2.05, 4.69) is 21.9 Å². The maximum absolute atomic E-state index is 13.1. The Morgan fingerprint density at radius 2 is 1.85 bits per heavy atom. The molecule has 1 heterocycles. The molecule has 0 aliphatic rings. The van der Waals surface area contributed by atoms with Crippen LogP contribution in [0.1, 0.15) is 57.6 Å². The number of unbranched alkanes of at least 4 members (excludes halogenated alkanes) is 1. The summed E-state index contributed by atoms with van der Waals surface area (Å²) in [5.74, 6) is -0.175. The van der Waals surface area contributed by atoms with E-state index in [0.29, 0.717) is 5.69 Å². The maximum atomic E-state index is 13.1. The SMILES string of the molecule is CCCCC(CC)Cn1c(O)c(C#N)c(C)c(N=Nc2ccc(S(=O)(=O)NCC)cc2)c1=O. The van der Waals surface area contributed by atoms with Crippen LogP contribution < -0.4 is 10.3 Å². The predicted molar refractivity (Wildman–Crippen MR) is 127 cm³/mol. The number of azo groups is 1. The highest BCUT2D eigenvalue weighted by Gasteiger charge is 2.21. The van der Waals surface area contributed by atoms with Gasteiger partial charge in [-0.3, -0.25) is 9.36 Å². The Hall–Kier alpha value is -3.03. The summed E-state index contributed by atoms with van der Waals surface area (Å²) in [4.78, 5) is 13.2. The number of nitriles is 1. The van der Waals surface area contributed by atoms with Crippen LogP contribution >= 0.6 is 0 Å². The Morgan fingerprint density at radius 1 is 1.18 bits per heavy atom. The summed E-state index contributed by atoms with van der Waals surface area (Å²) >= 11 is 0. The van der Waals surface area contributed by atoms with Crippen molar-refractivity contribution >= 4 is 21.4 Å². The fraction of sp³-hybridized carbons (Fsp3) is 0.478. The molecule has 178 valence electrons. The average Bonchev–Trinajstić information content (AvgIpc) is 2.79. The molecule has 1 atom stereocenters. The van der Waals surface area contributed by atoms with E-state index in [1.54, 1.807) is 13.8 Å². The zero-order chi connectivity index (χ0) is 24.6. The zero-order valence-electron chi connectivity index (χ0n) is 19.5. The molecular weight excluding hydrogens is 442 g/mol. The highest BCUT2D eigenvalue weighted by atomic mass is 32.2. The molecule has 33 heavy (non-hydrogen) atoms. The fourth-order valence-electron chi connectivity index (χ4n) is 3.48. The van der Waals surface area contributed by atoms with Crippen LogP contribution in [0.15, 0.2) is 44.2 Å². The summed E-state index contributed by atoms with van der Waals surface area (Å²) in [5.41, 5.74) is 0.0266. The summed E-state index contributed by atoms with van der Waals surface area (Å²) < 4.78 is 27.7. The van der Waals surface area contributed by atoms with Gasteiger partial charge in [-0.2, -0.15) is 10.4 Å². The lowest BCUT2D eigenvalue weighted by molar-refractivity contribution is 0.339. The van der Waals surface area contributed by atoms with E-state index in [0.717, 1.165) is 25.7 Å². The van der Waals surface area contributed by atoms with Crippen molar-refractivity contribution in [2.75, 3.05) is 6.54 Å². The Balaban J connectivity index is 2.45. The Kier molecular flexibility index (Phi) is 9.32. The van der Waals surface area contributed by atoms with Gasteiger partial charge in [0, 0.05) is 18.7 Å². The zero-order valence-corrected chi connectivity index (χ0v) is 20.3. The topological polar surface area (TPSA) is 137 Å². The Bertz CT molecular complexity index is 1200. The van der Waals surface area contributed by atoms with Crippen LogP contribution in [0.2, 0.25) is 0 Å². The quantitative estimate of drug-likeness (QED) is 0.457. The lowest BCUT2D eigenvalue weighted by Gasteiger charge is -2.19. The second-order valence-electron chi connectivity index (χ2n) is 7.81. The van der Waals surface area contributed by atoms with Gasteiger partial charge in [0.15, 0.2) is 5.69 Å². The van der Waals surface area contributed by atoms with Gasteiger partial charge in [-0.1, -0.05) is 40.0 Å². The third-order valence-electron chi connectivity index (χ3n) is 5.50. The van der Waals surface area contributed by atoms with Gasteiger partial charge in [-0.15, -0.1) is 5.11 Å². The molecule has 2 N–H and O–H groups in total. The first-order valence-electron chi connectivity index (χ1n) is 11.1. The average molecular weight is 474 g/mol. The molecule has 1 aromatic heterocycles. The number of hydrogen-bond donors (Lipinski definition) is 2. The largest absolute Gasteiger partial charge is 0.493 e. The molecule has 0 bridgehead atoms. The molecule has 2 aromatic rings. The minimum absolute atomic E-state index is 0.0130. The number of sulfonamides is 1. The van der Waals surface area contributed by atoms with E-state index in [-0.39, 0.29) is 46.6 Å².